The van der Waals surface area contributed by atoms with Gasteiger partial charge in [-0.2, -0.15) is 4.31 Å². The van der Waals surface area contributed by atoms with Gasteiger partial charge in [0.1, 0.15) is 0 Å². The number of nitrogens with zero attached hydrogens (tertiary/aromatic N) is 2. The van der Waals surface area contributed by atoms with Gasteiger partial charge in [0, 0.05) is 38.5 Å². The van der Waals surface area contributed by atoms with Crippen molar-refractivity contribution in [3.05, 3.63) is 41.3 Å². The Morgan fingerprint density at radius 3 is 2.25 bits per heavy atom. The summed E-state index contributed by atoms with van der Waals surface area (Å²) in [6, 6.07) is 9.29. The normalized spacial score (nSPS) is 17.6. The lowest BCUT2D eigenvalue weighted by Crippen LogP contribution is -2.49. The Morgan fingerprint density at radius 2 is 1.70 bits per heavy atom. The van der Waals surface area contributed by atoms with Gasteiger partial charge in [-0.3, -0.25) is 4.79 Å². The van der Waals surface area contributed by atoms with Crippen molar-refractivity contribution in [1.82, 2.24) is 9.21 Å². The molecule has 0 aliphatic carbocycles. The summed E-state index contributed by atoms with van der Waals surface area (Å²) in [5.74, 6) is -0.0122. The predicted molar refractivity (Wildman–Crippen MR) is 78.2 cm³/mol. The smallest absolute Gasteiger partial charge is 0.236 e. The fourth-order valence-electron chi connectivity index (χ4n) is 2.07. The van der Waals surface area contributed by atoms with Crippen LogP contribution in [0.4, 0.5) is 0 Å². The molecule has 0 bridgehead atoms. The molecular weight excluding hydrogens is 276 g/mol. The van der Waals surface area contributed by atoms with Crippen molar-refractivity contribution in [2.75, 3.05) is 26.2 Å². The Kier molecular flexibility index (Phi) is 4.57. The van der Waals surface area contributed by atoms with Gasteiger partial charge in [-0.15, -0.1) is 0 Å². The van der Waals surface area contributed by atoms with E-state index < -0.39 is 10.0 Å². The number of hydrogen-bond donors (Lipinski definition) is 0. The fourth-order valence-corrected chi connectivity index (χ4v) is 3.25. The second-order valence-corrected chi connectivity index (χ2v) is 6.48. The summed E-state index contributed by atoms with van der Waals surface area (Å²) in [5.41, 5.74) is 0.846. The molecule has 6 heteroatoms. The molecular formula is C14H18N2O3S. The Balaban J connectivity index is 2.01. The summed E-state index contributed by atoms with van der Waals surface area (Å²) in [6.45, 7) is 3.10. The van der Waals surface area contributed by atoms with Crippen molar-refractivity contribution >= 4 is 22.0 Å². The second-order valence-electron chi connectivity index (χ2n) is 4.66. The van der Waals surface area contributed by atoms with Gasteiger partial charge in [-0.05, 0) is 11.6 Å². The van der Waals surface area contributed by atoms with Crippen molar-refractivity contribution in [2.45, 2.75) is 6.92 Å². The van der Waals surface area contributed by atoms with E-state index in [1.54, 1.807) is 11.0 Å². The van der Waals surface area contributed by atoms with Crippen LogP contribution in [0.3, 0.4) is 0 Å². The van der Waals surface area contributed by atoms with Crippen LogP contribution in [-0.2, 0) is 14.8 Å². The SMILES string of the molecule is CC(=O)N1CCN(S(=O)(=O)/C=C/c2ccccc2)CC1. The highest BCUT2D eigenvalue weighted by Gasteiger charge is 2.25. The standard InChI is InChI=1S/C14H18N2O3S/c1-13(17)15-8-10-16(11-9-15)20(18,19)12-7-14-5-3-2-4-6-14/h2-7,12H,8-11H2,1H3/b12-7+. The van der Waals surface area contributed by atoms with Gasteiger partial charge in [-0.1, -0.05) is 30.3 Å². The number of sulfonamides is 1. The van der Waals surface area contributed by atoms with Gasteiger partial charge < -0.3 is 4.90 Å². The van der Waals surface area contributed by atoms with E-state index in [2.05, 4.69) is 0 Å². The minimum absolute atomic E-state index is 0.0122. The van der Waals surface area contributed by atoms with Crippen molar-refractivity contribution in [2.24, 2.45) is 0 Å². The Labute approximate surface area is 119 Å². The van der Waals surface area contributed by atoms with Crippen LogP contribution in [0.15, 0.2) is 35.7 Å². The summed E-state index contributed by atoms with van der Waals surface area (Å²) in [5, 5.41) is 1.23. The largest absolute Gasteiger partial charge is 0.340 e. The Bertz CT molecular complexity index is 588. The molecule has 1 aromatic rings. The van der Waals surface area contributed by atoms with Gasteiger partial charge in [-0.25, -0.2) is 8.42 Å². The fraction of sp³-hybridized carbons (Fsp3) is 0.357. The van der Waals surface area contributed by atoms with Crippen LogP contribution in [0.25, 0.3) is 6.08 Å². The lowest BCUT2D eigenvalue weighted by Gasteiger charge is -2.32. The lowest BCUT2D eigenvalue weighted by molar-refractivity contribution is -0.129. The lowest BCUT2D eigenvalue weighted by atomic mass is 10.2. The number of piperazine rings is 1. The summed E-state index contributed by atoms with van der Waals surface area (Å²) in [7, 11) is -3.42. The molecule has 5 nitrogen and oxygen atoms in total. The molecule has 1 aliphatic rings. The summed E-state index contributed by atoms with van der Waals surface area (Å²) < 4.78 is 25.8. The molecule has 0 saturated carbocycles. The molecule has 1 amide bonds. The zero-order chi connectivity index (χ0) is 14.6. The maximum absolute atomic E-state index is 12.2. The molecule has 1 saturated heterocycles. The topological polar surface area (TPSA) is 57.7 Å². The van der Waals surface area contributed by atoms with E-state index in [9.17, 15) is 13.2 Å². The first kappa shape index (κ1) is 14.7. The van der Waals surface area contributed by atoms with Crippen molar-refractivity contribution in [3.63, 3.8) is 0 Å². The van der Waals surface area contributed by atoms with E-state index in [0.717, 1.165) is 5.56 Å². The number of hydrogen-bond acceptors (Lipinski definition) is 3. The average Bonchev–Trinajstić information content (AvgIpc) is 2.46. The monoisotopic (exact) mass is 294 g/mol. The molecule has 1 aromatic carbocycles. The average molecular weight is 294 g/mol. The minimum Gasteiger partial charge on any atom is -0.340 e. The zero-order valence-corrected chi connectivity index (χ0v) is 12.2. The Hall–Kier alpha value is -1.66. The molecule has 0 spiro atoms. The van der Waals surface area contributed by atoms with E-state index in [1.807, 2.05) is 30.3 Å². The van der Waals surface area contributed by atoms with Crippen molar-refractivity contribution in [3.8, 4) is 0 Å². The maximum Gasteiger partial charge on any atom is 0.236 e. The first-order chi connectivity index (χ1) is 9.49. The van der Waals surface area contributed by atoms with E-state index in [-0.39, 0.29) is 5.91 Å². The zero-order valence-electron chi connectivity index (χ0n) is 11.4. The van der Waals surface area contributed by atoms with Gasteiger partial charge >= 0.3 is 0 Å². The molecule has 20 heavy (non-hydrogen) atoms. The van der Waals surface area contributed by atoms with E-state index in [0.29, 0.717) is 26.2 Å². The molecule has 1 aliphatic heterocycles. The molecule has 1 fully saturated rings. The Morgan fingerprint density at radius 1 is 1.10 bits per heavy atom. The summed E-state index contributed by atoms with van der Waals surface area (Å²) in [6.07, 6.45) is 1.59. The molecule has 0 N–H and O–H groups in total. The van der Waals surface area contributed by atoms with Crippen LogP contribution >= 0.6 is 0 Å². The first-order valence-electron chi connectivity index (χ1n) is 6.48. The van der Waals surface area contributed by atoms with Crippen LogP contribution in [0.2, 0.25) is 0 Å². The molecule has 0 unspecified atom stereocenters. The highest BCUT2D eigenvalue weighted by Crippen LogP contribution is 2.11. The summed E-state index contributed by atoms with van der Waals surface area (Å²) >= 11 is 0. The van der Waals surface area contributed by atoms with Crippen LogP contribution in [0.1, 0.15) is 12.5 Å². The molecule has 108 valence electrons. The predicted octanol–water partition coefficient (Wildman–Crippen LogP) is 1.15. The highest BCUT2D eigenvalue weighted by molar-refractivity contribution is 7.92. The third kappa shape index (κ3) is 3.68. The van der Waals surface area contributed by atoms with Crippen molar-refractivity contribution < 1.29 is 13.2 Å². The van der Waals surface area contributed by atoms with E-state index in [1.165, 1.54) is 16.6 Å². The van der Waals surface area contributed by atoms with Crippen molar-refractivity contribution in [1.29, 1.82) is 0 Å². The third-order valence-corrected chi connectivity index (χ3v) is 4.84. The number of carbonyl (C=O) groups is 1. The van der Waals surface area contributed by atoms with Crippen LogP contribution in [-0.4, -0.2) is 49.7 Å². The number of amides is 1. The molecule has 0 aromatic heterocycles. The molecule has 1 heterocycles. The highest BCUT2D eigenvalue weighted by atomic mass is 32.2. The number of benzene rings is 1. The van der Waals surface area contributed by atoms with Gasteiger partial charge in [0.2, 0.25) is 15.9 Å². The van der Waals surface area contributed by atoms with Crippen LogP contribution < -0.4 is 0 Å². The van der Waals surface area contributed by atoms with E-state index in [4.69, 9.17) is 0 Å². The molecule has 2 rings (SSSR count). The summed E-state index contributed by atoms with van der Waals surface area (Å²) in [4.78, 5) is 12.9. The van der Waals surface area contributed by atoms with Crippen LogP contribution in [0, 0.1) is 0 Å². The van der Waals surface area contributed by atoms with Gasteiger partial charge in [0.05, 0.1) is 0 Å². The second kappa shape index (κ2) is 6.19. The van der Waals surface area contributed by atoms with Crippen LogP contribution in [0.5, 0.6) is 0 Å². The van der Waals surface area contributed by atoms with Gasteiger partial charge in [0.15, 0.2) is 0 Å². The maximum atomic E-state index is 12.2. The first-order valence-corrected chi connectivity index (χ1v) is 7.98. The molecule has 0 radical (unpaired) electrons. The minimum atomic E-state index is -3.42. The quantitative estimate of drug-likeness (QED) is 0.840. The molecule has 0 atom stereocenters. The third-order valence-electron chi connectivity index (χ3n) is 3.28. The van der Waals surface area contributed by atoms with E-state index >= 15 is 0 Å². The number of carbonyl (C=O) groups excluding carboxylic acids is 1. The van der Waals surface area contributed by atoms with Gasteiger partial charge in [0.25, 0.3) is 0 Å². The number of rotatable bonds is 3.